The lowest BCUT2D eigenvalue weighted by Gasteiger charge is -2.37. The zero-order valence-corrected chi connectivity index (χ0v) is 29.2. The quantitative estimate of drug-likeness (QED) is 0.155. The van der Waals surface area contributed by atoms with Crippen molar-refractivity contribution in [3.05, 3.63) is 228 Å². The third-order valence-corrected chi connectivity index (χ3v) is 10.5. The van der Waals surface area contributed by atoms with Crippen LogP contribution in [0.4, 0.5) is 22.7 Å². The van der Waals surface area contributed by atoms with Gasteiger partial charge in [0.15, 0.2) is 0 Å². The molecule has 0 N–H and O–H groups in total. The van der Waals surface area contributed by atoms with Crippen molar-refractivity contribution < 1.29 is 9.05 Å². The van der Waals surface area contributed by atoms with Crippen LogP contribution in [0.1, 0.15) is 31.9 Å². The molecule has 1 aliphatic heterocycles. The molecule has 10 rings (SSSR count). The van der Waals surface area contributed by atoms with E-state index in [4.69, 9.17) is 14.0 Å². The number of para-hydroxylation sites is 4. The molecular weight excluding hydrogens is 661 g/mol. The van der Waals surface area contributed by atoms with E-state index in [-0.39, 0.29) is 5.56 Å². The summed E-state index contributed by atoms with van der Waals surface area (Å²) in [5.74, 6) is 0.548. The van der Waals surface area contributed by atoms with Crippen LogP contribution >= 0.6 is 0 Å². The molecule has 2 aromatic heterocycles. The van der Waals surface area contributed by atoms with E-state index in [1.807, 2.05) is 76.9 Å². The molecule has 258 valence electrons. The summed E-state index contributed by atoms with van der Waals surface area (Å²) in [5.41, 5.74) is 9.23. The largest absolute Gasteiger partial charge is 0.294 e. The highest BCUT2D eigenvalue weighted by Gasteiger charge is 2.40. The molecule has 9 aromatic rings. The second-order valence-electron chi connectivity index (χ2n) is 13.5. The Morgan fingerprint density at radius 2 is 1.06 bits per heavy atom. The van der Waals surface area contributed by atoms with Gasteiger partial charge in [0.25, 0.3) is 0 Å². The average molecular weight is 700 g/mol. The summed E-state index contributed by atoms with van der Waals surface area (Å²) in [6, 6.07) is 66.3. The van der Waals surface area contributed by atoms with Gasteiger partial charge in [0.2, 0.25) is 0 Å². The van der Waals surface area contributed by atoms with Crippen LogP contribution in [0.5, 0.6) is 0 Å². The molecule has 3 heterocycles. The molecule has 0 radical (unpaired) electrons. The number of rotatable bonds is 7. The maximum atomic E-state index is 8.18. The van der Waals surface area contributed by atoms with Crippen molar-refractivity contribution in [2.75, 3.05) is 10.1 Å². The maximum Gasteiger partial charge on any atom is 0.137 e. The normalized spacial score (nSPS) is 13.8. The Morgan fingerprint density at radius 3 is 1.78 bits per heavy atom. The van der Waals surface area contributed by atoms with E-state index in [2.05, 4.69) is 120 Å². The molecule has 7 aromatic carbocycles. The number of benzene rings is 7. The highest BCUT2D eigenvalue weighted by Crippen LogP contribution is 2.50. The number of hydrogen-bond acceptors (Lipinski definition) is 4. The first-order chi connectivity index (χ1) is 27.9. The molecule has 0 saturated carbocycles. The number of anilines is 4. The standard InChI is InChI=1S/C49H36N4O/c1-35-30-31-50-48(32-35)51-44-25-12-11-24-42(44)43-29-28-39(34-47(43)51)49(36-16-5-2-6-17-36,37-18-7-3-8-19-37)38-20-15-23-41(33-38)53-46-27-14-13-26-45(46)52(54-53)40-21-9-4-10-22-40/h2-34H,1H3/i1D3. The predicted molar refractivity (Wildman–Crippen MR) is 220 cm³/mol. The fourth-order valence-electron chi connectivity index (χ4n) is 8.15. The van der Waals surface area contributed by atoms with E-state index in [0.29, 0.717) is 5.82 Å². The van der Waals surface area contributed by atoms with Crippen LogP contribution in [0.2, 0.25) is 0 Å². The molecule has 0 atom stereocenters. The van der Waals surface area contributed by atoms with Gasteiger partial charge in [0, 0.05) is 21.1 Å². The first kappa shape index (κ1) is 28.6. The molecule has 0 fully saturated rings. The third kappa shape index (κ3) is 5.01. The molecule has 0 aliphatic carbocycles. The lowest BCUT2D eigenvalue weighted by molar-refractivity contribution is 0.156. The molecule has 0 unspecified atom stereocenters. The van der Waals surface area contributed by atoms with Crippen molar-refractivity contribution in [1.82, 2.24) is 9.55 Å². The molecular formula is C49H36N4O. The first-order valence-electron chi connectivity index (χ1n) is 19.6. The molecule has 5 nitrogen and oxygen atoms in total. The van der Waals surface area contributed by atoms with Crippen molar-refractivity contribution in [2.45, 2.75) is 12.3 Å². The van der Waals surface area contributed by atoms with Crippen molar-refractivity contribution in [2.24, 2.45) is 0 Å². The summed E-state index contributed by atoms with van der Waals surface area (Å²) < 4.78 is 26.6. The monoisotopic (exact) mass is 699 g/mol. The van der Waals surface area contributed by atoms with Gasteiger partial charge in [-0.25, -0.2) is 4.98 Å². The zero-order valence-electron chi connectivity index (χ0n) is 32.2. The molecule has 54 heavy (non-hydrogen) atoms. The van der Waals surface area contributed by atoms with Crippen molar-refractivity contribution in [3.63, 3.8) is 0 Å². The minimum Gasteiger partial charge on any atom is -0.294 e. The van der Waals surface area contributed by atoms with Gasteiger partial charge in [-0.05, 0) is 95.3 Å². The SMILES string of the molecule is [2H]C([2H])([2H])c1ccnc(-n2c3ccccc3c3ccc(C(c4ccccc4)(c4ccccc4)c4cccc(N5ON(c6ccccc6)c6ccccc65)c4)cc32)c1. The van der Waals surface area contributed by atoms with Crippen LogP contribution in [-0.2, 0) is 10.4 Å². The van der Waals surface area contributed by atoms with E-state index in [1.54, 1.807) is 18.3 Å². The number of pyridine rings is 1. The zero-order chi connectivity index (χ0) is 38.6. The Bertz CT molecular complexity index is 2850. The van der Waals surface area contributed by atoms with Gasteiger partial charge in [-0.3, -0.25) is 4.57 Å². The number of hydrogen-bond donors (Lipinski definition) is 0. The fourth-order valence-corrected chi connectivity index (χ4v) is 8.15. The Hall–Kier alpha value is -6.95. The smallest absolute Gasteiger partial charge is 0.137 e. The summed E-state index contributed by atoms with van der Waals surface area (Å²) in [4.78, 5) is 11.4. The average Bonchev–Trinajstić information content (AvgIpc) is 3.81. The lowest BCUT2D eigenvalue weighted by atomic mass is 9.65. The first-order valence-corrected chi connectivity index (χ1v) is 18.1. The summed E-state index contributed by atoms with van der Waals surface area (Å²) in [5, 5.41) is 5.87. The van der Waals surface area contributed by atoms with Gasteiger partial charge in [-0.2, -0.15) is 10.1 Å². The topological polar surface area (TPSA) is 33.5 Å². The fraction of sp³-hybridized carbons (Fsp3) is 0.0408. The van der Waals surface area contributed by atoms with Crippen LogP contribution < -0.4 is 10.1 Å². The van der Waals surface area contributed by atoms with Gasteiger partial charge in [-0.15, -0.1) is 4.94 Å². The summed E-state index contributed by atoms with van der Waals surface area (Å²) in [6.45, 7) is -2.28. The molecule has 0 saturated heterocycles. The predicted octanol–water partition coefficient (Wildman–Crippen LogP) is 12.0. The molecule has 0 spiro atoms. The Balaban J connectivity index is 1.23. The minimum absolute atomic E-state index is 0.242. The maximum absolute atomic E-state index is 8.18. The summed E-state index contributed by atoms with van der Waals surface area (Å²) in [7, 11) is 0. The Morgan fingerprint density at radius 1 is 0.481 bits per heavy atom. The highest BCUT2D eigenvalue weighted by molar-refractivity contribution is 6.09. The summed E-state index contributed by atoms with van der Waals surface area (Å²) >= 11 is 0. The number of fused-ring (bicyclic) bond motifs is 4. The van der Waals surface area contributed by atoms with Crippen molar-refractivity contribution >= 4 is 44.6 Å². The van der Waals surface area contributed by atoms with Gasteiger partial charge < -0.3 is 0 Å². The second kappa shape index (κ2) is 12.9. The van der Waals surface area contributed by atoms with Crippen LogP contribution in [0.3, 0.4) is 0 Å². The van der Waals surface area contributed by atoms with Gasteiger partial charge >= 0.3 is 0 Å². The van der Waals surface area contributed by atoms with Crippen LogP contribution in [0.25, 0.3) is 27.6 Å². The van der Waals surface area contributed by atoms with Gasteiger partial charge in [0.1, 0.15) is 5.82 Å². The van der Waals surface area contributed by atoms with E-state index in [1.165, 1.54) is 0 Å². The van der Waals surface area contributed by atoms with E-state index in [0.717, 1.165) is 66.8 Å². The van der Waals surface area contributed by atoms with Crippen LogP contribution in [0, 0.1) is 6.85 Å². The van der Waals surface area contributed by atoms with Crippen molar-refractivity contribution in [3.8, 4) is 5.82 Å². The number of aryl methyl sites for hydroxylation is 1. The highest BCUT2D eigenvalue weighted by atomic mass is 16.8. The van der Waals surface area contributed by atoms with Gasteiger partial charge in [0.05, 0.1) is 39.2 Å². The summed E-state index contributed by atoms with van der Waals surface area (Å²) in [6.07, 6.45) is 1.59. The number of nitrogens with zero attached hydrogens (tertiary/aromatic N) is 4. The van der Waals surface area contributed by atoms with Crippen molar-refractivity contribution in [1.29, 1.82) is 0 Å². The van der Waals surface area contributed by atoms with Crippen LogP contribution in [0.15, 0.2) is 200 Å². The molecule has 5 heteroatoms. The number of aromatic nitrogens is 2. The molecule has 0 amide bonds. The van der Waals surface area contributed by atoms with E-state index in [9.17, 15) is 0 Å². The molecule has 0 bridgehead atoms. The molecule has 1 aliphatic rings. The van der Waals surface area contributed by atoms with E-state index >= 15 is 0 Å². The Kier molecular flexibility index (Phi) is 6.85. The third-order valence-electron chi connectivity index (χ3n) is 10.5. The minimum atomic E-state index is -2.28. The van der Waals surface area contributed by atoms with Crippen LogP contribution in [-0.4, -0.2) is 9.55 Å². The lowest BCUT2D eigenvalue weighted by Crippen LogP contribution is -2.31. The van der Waals surface area contributed by atoms with Gasteiger partial charge in [-0.1, -0.05) is 133 Å². The second-order valence-corrected chi connectivity index (χ2v) is 13.5. The van der Waals surface area contributed by atoms with E-state index < -0.39 is 12.3 Å². The Labute approximate surface area is 318 Å².